The van der Waals surface area contributed by atoms with E-state index in [1.54, 1.807) is 24.3 Å². The van der Waals surface area contributed by atoms with E-state index in [9.17, 15) is 28.8 Å². The number of carbonyl (C=O) groups is 6. The van der Waals surface area contributed by atoms with Crippen LogP contribution in [0.25, 0.3) is 21.5 Å². The molecule has 0 saturated carbocycles. The number of rotatable bonds is 16. The average molecular weight is 900 g/mol. The van der Waals surface area contributed by atoms with E-state index in [0.29, 0.717) is 28.4 Å². The van der Waals surface area contributed by atoms with Gasteiger partial charge in [-0.1, -0.05) is 56.1 Å². The number of ether oxygens (including phenoxy) is 7. The van der Waals surface area contributed by atoms with Crippen LogP contribution in [0.4, 0.5) is 14.4 Å². The Hall–Kier alpha value is -8.14. The molecule has 5 aromatic rings. The standard InChI is InChI=1S/C50H49N3O13/c1-27(2)45(54)60-20-17-51-48(57)63-35-11-13-37-32(25-35)9-15-39-42(37)41(34-23-30(7)44(31(8)24-34)66-50(59)53-19-22-62-47(56)29(5)6)43-38-14-12-36(26-33(38)10-16-40(43)65-39)64-49(58)52-18-21-61-46(55)28(3)4/h9-16,23-26,41H,1,3,5,17-22H2,2,4,6-8H3,(H,51,57)(H,52,58)(H,53,59). The molecule has 0 radical (unpaired) electrons. The first-order chi connectivity index (χ1) is 31.5. The quantitative estimate of drug-likeness (QED) is 0.0361. The molecule has 16 heteroatoms. The highest BCUT2D eigenvalue weighted by Crippen LogP contribution is 2.53. The fourth-order valence-corrected chi connectivity index (χ4v) is 7.11. The smallest absolute Gasteiger partial charge is 0.412 e. The van der Waals surface area contributed by atoms with Gasteiger partial charge < -0.3 is 49.1 Å². The van der Waals surface area contributed by atoms with E-state index in [2.05, 4.69) is 35.7 Å². The van der Waals surface area contributed by atoms with E-state index in [0.717, 1.165) is 38.2 Å². The number of hydrogen-bond donors (Lipinski definition) is 3. The van der Waals surface area contributed by atoms with Crippen molar-refractivity contribution in [3.63, 3.8) is 0 Å². The molecule has 3 N–H and O–H groups in total. The molecule has 0 saturated heterocycles. The molecule has 0 unspecified atom stereocenters. The zero-order valence-electron chi connectivity index (χ0n) is 37.2. The summed E-state index contributed by atoms with van der Waals surface area (Å²) in [5, 5.41) is 10.8. The summed E-state index contributed by atoms with van der Waals surface area (Å²) < 4.78 is 38.7. The maximum absolute atomic E-state index is 12.9. The number of carbonyl (C=O) groups excluding carboxylic acids is 6. The molecule has 3 amide bonds. The number of benzene rings is 5. The third-order valence-electron chi connectivity index (χ3n) is 10.1. The van der Waals surface area contributed by atoms with Crippen molar-refractivity contribution in [2.24, 2.45) is 0 Å². The number of esters is 3. The monoisotopic (exact) mass is 899 g/mol. The van der Waals surface area contributed by atoms with Crippen LogP contribution in [0.3, 0.4) is 0 Å². The molecule has 6 rings (SSSR count). The summed E-state index contributed by atoms with van der Waals surface area (Å²) in [5.41, 5.74) is 4.52. The molecule has 0 atom stereocenters. The second kappa shape index (κ2) is 21.0. The van der Waals surface area contributed by atoms with Crippen LogP contribution in [0.1, 0.15) is 54.5 Å². The molecule has 0 fully saturated rings. The first-order valence-corrected chi connectivity index (χ1v) is 20.8. The molecule has 0 spiro atoms. The summed E-state index contributed by atoms with van der Waals surface area (Å²) in [6.45, 7) is 18.8. The number of aryl methyl sites for hydroxylation is 2. The third-order valence-corrected chi connectivity index (χ3v) is 10.1. The van der Waals surface area contributed by atoms with Crippen LogP contribution in [0.2, 0.25) is 0 Å². The topological polar surface area (TPSA) is 203 Å². The predicted octanol–water partition coefficient (Wildman–Crippen LogP) is 8.52. The molecule has 1 heterocycles. The summed E-state index contributed by atoms with van der Waals surface area (Å²) in [5.74, 6) is -0.113. The van der Waals surface area contributed by atoms with Crippen molar-refractivity contribution < 1.29 is 61.9 Å². The lowest BCUT2D eigenvalue weighted by atomic mass is 9.77. The number of fused-ring (bicyclic) bond motifs is 6. The second-order valence-corrected chi connectivity index (χ2v) is 15.4. The van der Waals surface area contributed by atoms with Crippen molar-refractivity contribution in [2.45, 2.75) is 40.5 Å². The second-order valence-electron chi connectivity index (χ2n) is 15.4. The maximum atomic E-state index is 12.9. The summed E-state index contributed by atoms with van der Waals surface area (Å²) >= 11 is 0. The zero-order chi connectivity index (χ0) is 47.7. The van der Waals surface area contributed by atoms with Gasteiger partial charge in [-0.2, -0.15) is 0 Å². The molecule has 0 aliphatic carbocycles. The van der Waals surface area contributed by atoms with E-state index >= 15 is 0 Å². The minimum atomic E-state index is -0.738. The largest absolute Gasteiger partial charge is 0.460 e. The Morgan fingerprint density at radius 2 is 0.909 bits per heavy atom. The van der Waals surface area contributed by atoms with Gasteiger partial charge in [0, 0.05) is 33.8 Å². The summed E-state index contributed by atoms with van der Waals surface area (Å²) in [6.07, 6.45) is -2.20. The minimum absolute atomic E-state index is 0.0264. The maximum Gasteiger partial charge on any atom is 0.412 e. The van der Waals surface area contributed by atoms with Gasteiger partial charge in [0.25, 0.3) is 0 Å². The van der Waals surface area contributed by atoms with Crippen molar-refractivity contribution in [3.8, 4) is 28.7 Å². The highest BCUT2D eigenvalue weighted by molar-refractivity contribution is 5.96. The van der Waals surface area contributed by atoms with Crippen molar-refractivity contribution >= 4 is 57.7 Å². The van der Waals surface area contributed by atoms with Gasteiger partial charge in [0.05, 0.1) is 19.6 Å². The SMILES string of the molecule is C=C(C)C(=O)OCCNC(=O)Oc1ccc2c3c(ccc2c1)Oc1ccc2cc(OC(=O)NCCOC(=O)C(=C)C)ccc2c1C3c1cc(C)c(OC(=O)NCCOC(=O)C(=C)C)c(C)c1. The van der Waals surface area contributed by atoms with Crippen LogP contribution >= 0.6 is 0 Å². The van der Waals surface area contributed by atoms with Crippen LogP contribution in [0, 0.1) is 13.8 Å². The molecule has 5 aromatic carbocycles. The molecular weight excluding hydrogens is 851 g/mol. The fraction of sp³-hybridized carbons (Fsp3) is 0.240. The van der Waals surface area contributed by atoms with Gasteiger partial charge in [0.15, 0.2) is 0 Å². The lowest BCUT2D eigenvalue weighted by Crippen LogP contribution is -2.31. The molecule has 0 bridgehead atoms. The Morgan fingerprint density at radius 3 is 1.29 bits per heavy atom. The highest BCUT2D eigenvalue weighted by Gasteiger charge is 2.33. The minimum Gasteiger partial charge on any atom is -0.460 e. The van der Waals surface area contributed by atoms with E-state index < -0.39 is 42.1 Å². The molecular formula is C50H49N3O13. The average Bonchev–Trinajstić information content (AvgIpc) is 3.27. The van der Waals surface area contributed by atoms with Crippen LogP contribution < -0.4 is 34.9 Å². The van der Waals surface area contributed by atoms with E-state index in [-0.39, 0.29) is 67.7 Å². The van der Waals surface area contributed by atoms with Gasteiger partial charge in [-0.15, -0.1) is 0 Å². The van der Waals surface area contributed by atoms with E-state index in [1.165, 1.54) is 20.8 Å². The van der Waals surface area contributed by atoms with Gasteiger partial charge >= 0.3 is 36.2 Å². The molecule has 342 valence electrons. The fourth-order valence-electron chi connectivity index (χ4n) is 7.11. The van der Waals surface area contributed by atoms with Gasteiger partial charge in [-0.3, -0.25) is 0 Å². The Morgan fingerprint density at radius 1 is 0.530 bits per heavy atom. The molecule has 1 aliphatic rings. The molecule has 0 aromatic heterocycles. The highest BCUT2D eigenvalue weighted by atomic mass is 16.6. The van der Waals surface area contributed by atoms with E-state index in [4.69, 9.17) is 33.2 Å². The molecule has 1 aliphatic heterocycles. The predicted molar refractivity (Wildman–Crippen MR) is 244 cm³/mol. The van der Waals surface area contributed by atoms with Gasteiger partial charge in [0.2, 0.25) is 0 Å². The summed E-state index contributed by atoms with van der Waals surface area (Å²) in [7, 11) is 0. The first-order valence-electron chi connectivity index (χ1n) is 20.8. The number of hydrogen-bond acceptors (Lipinski definition) is 13. The zero-order valence-corrected chi connectivity index (χ0v) is 37.2. The van der Waals surface area contributed by atoms with Crippen molar-refractivity contribution in [3.05, 3.63) is 137 Å². The molecule has 66 heavy (non-hydrogen) atoms. The van der Waals surface area contributed by atoms with Gasteiger partial charge in [-0.25, -0.2) is 28.8 Å². The van der Waals surface area contributed by atoms with Crippen LogP contribution in [-0.4, -0.2) is 75.6 Å². The summed E-state index contributed by atoms with van der Waals surface area (Å²) in [6, 6.07) is 21.8. The van der Waals surface area contributed by atoms with E-state index in [1.807, 2.05) is 62.4 Å². The number of nitrogens with one attached hydrogen (secondary N) is 3. The van der Waals surface area contributed by atoms with Crippen molar-refractivity contribution in [2.75, 3.05) is 39.5 Å². The summed E-state index contributed by atoms with van der Waals surface area (Å²) in [4.78, 5) is 73.4. The lowest BCUT2D eigenvalue weighted by molar-refractivity contribution is -0.139. The Kier molecular flexibility index (Phi) is 15.1. The number of amides is 3. The third kappa shape index (κ3) is 11.5. The van der Waals surface area contributed by atoms with Gasteiger partial charge in [-0.05, 0) is 109 Å². The lowest BCUT2D eigenvalue weighted by Gasteiger charge is -2.32. The Labute approximate surface area is 380 Å². The molecule has 16 nitrogen and oxygen atoms in total. The van der Waals surface area contributed by atoms with Gasteiger partial charge in [0.1, 0.15) is 48.6 Å². The van der Waals surface area contributed by atoms with Crippen LogP contribution in [-0.2, 0) is 28.6 Å². The van der Waals surface area contributed by atoms with Crippen LogP contribution in [0.5, 0.6) is 28.7 Å². The van der Waals surface area contributed by atoms with Crippen LogP contribution in [0.15, 0.2) is 109 Å². The normalized spacial score (nSPS) is 11.5. The Bertz CT molecular complexity index is 2650. The Balaban J connectivity index is 1.32. The van der Waals surface area contributed by atoms with Crippen molar-refractivity contribution in [1.29, 1.82) is 0 Å². The van der Waals surface area contributed by atoms with Crippen molar-refractivity contribution in [1.82, 2.24) is 16.0 Å². The first kappa shape index (κ1) is 47.3.